The largest absolute Gasteiger partial charge is 0.530 e. The van der Waals surface area contributed by atoms with E-state index in [2.05, 4.69) is 6.92 Å². The second kappa shape index (κ2) is 14.6. The molecule has 0 aromatic heterocycles. The molecule has 0 spiro atoms. The van der Waals surface area contributed by atoms with Crippen LogP contribution in [-0.2, 0) is 13.3 Å². The van der Waals surface area contributed by atoms with E-state index in [1.54, 1.807) is 21.3 Å². The molecule has 0 amide bonds. The normalized spacial score (nSPS) is 13.5. The number of rotatable bonds is 16. The Kier molecular flexibility index (Phi) is 14.7. The summed E-state index contributed by atoms with van der Waals surface area (Å²) in [5, 5.41) is 10.2. The number of unbranched alkanes of at least 4 members (excludes halogenated alkanes) is 10. The van der Waals surface area contributed by atoms with E-state index < -0.39 is 14.5 Å². The monoisotopic (exact) mass is 334 g/mol. The molecule has 0 aromatic carbocycles. The van der Waals surface area contributed by atoms with Gasteiger partial charge in [0, 0.05) is 21.3 Å². The van der Waals surface area contributed by atoms with Crippen LogP contribution < -0.4 is 0 Å². The van der Waals surface area contributed by atoms with E-state index in [4.69, 9.17) is 13.3 Å². The molecule has 1 atom stereocenters. The highest BCUT2D eigenvalue weighted by molar-refractivity contribution is 6.61. The minimum Gasteiger partial charge on any atom is -0.389 e. The molecular weight excluding hydrogens is 296 g/mol. The predicted molar refractivity (Wildman–Crippen MR) is 93.9 cm³/mol. The van der Waals surface area contributed by atoms with E-state index in [1.807, 2.05) is 0 Å². The molecule has 5 heteroatoms. The molecule has 134 valence electrons. The van der Waals surface area contributed by atoms with Gasteiger partial charge in [-0.15, -0.1) is 0 Å². The van der Waals surface area contributed by atoms with Gasteiger partial charge in [-0.1, -0.05) is 77.6 Å². The first kappa shape index (κ1) is 22.1. The van der Waals surface area contributed by atoms with Crippen LogP contribution in [0.3, 0.4) is 0 Å². The SMILES string of the molecule is CCCCCCCCCCCCCC(O)[Si](OC)(OC)OC. The first-order chi connectivity index (χ1) is 10.7. The maximum atomic E-state index is 10.2. The van der Waals surface area contributed by atoms with E-state index in [9.17, 15) is 5.11 Å². The molecule has 0 heterocycles. The zero-order valence-corrected chi connectivity index (χ0v) is 16.2. The Hall–Kier alpha value is 0.0569. The molecule has 0 fully saturated rings. The highest BCUT2D eigenvalue weighted by Crippen LogP contribution is 2.18. The Morgan fingerprint density at radius 3 is 1.41 bits per heavy atom. The first-order valence-corrected chi connectivity index (χ1v) is 10.8. The molecule has 0 bridgehead atoms. The average molecular weight is 335 g/mol. The average Bonchev–Trinajstić information content (AvgIpc) is 2.55. The van der Waals surface area contributed by atoms with Crippen molar-refractivity contribution >= 4 is 8.80 Å². The van der Waals surface area contributed by atoms with Crippen LogP contribution in [0.1, 0.15) is 84.0 Å². The van der Waals surface area contributed by atoms with E-state index in [1.165, 1.54) is 57.8 Å². The first-order valence-electron chi connectivity index (χ1n) is 9.00. The second-order valence-corrected chi connectivity index (χ2v) is 9.15. The molecule has 0 saturated carbocycles. The molecule has 0 aliphatic heterocycles. The molecule has 1 N–H and O–H groups in total. The highest BCUT2D eigenvalue weighted by Gasteiger charge is 2.46. The highest BCUT2D eigenvalue weighted by atomic mass is 28.4. The molecule has 0 saturated heterocycles. The van der Waals surface area contributed by atoms with Crippen LogP contribution in [-0.4, -0.2) is 41.0 Å². The lowest BCUT2D eigenvalue weighted by Crippen LogP contribution is -2.54. The summed E-state index contributed by atoms with van der Waals surface area (Å²) in [5.41, 5.74) is -0.619. The van der Waals surface area contributed by atoms with Crippen LogP contribution in [0.2, 0.25) is 0 Å². The molecule has 1 unspecified atom stereocenters. The van der Waals surface area contributed by atoms with Gasteiger partial charge >= 0.3 is 8.80 Å². The summed E-state index contributed by atoms with van der Waals surface area (Å²) in [6.07, 6.45) is 15.0. The maximum Gasteiger partial charge on any atom is 0.530 e. The van der Waals surface area contributed by atoms with Crippen LogP contribution in [0.4, 0.5) is 0 Å². The minimum atomic E-state index is -2.86. The van der Waals surface area contributed by atoms with Crippen LogP contribution >= 0.6 is 0 Å². The summed E-state index contributed by atoms with van der Waals surface area (Å²) in [6.45, 7) is 2.26. The van der Waals surface area contributed by atoms with Crippen LogP contribution in [0.15, 0.2) is 0 Å². The maximum absolute atomic E-state index is 10.2. The fourth-order valence-electron chi connectivity index (χ4n) is 2.84. The zero-order chi connectivity index (χ0) is 16.7. The third-order valence-corrected chi connectivity index (χ3v) is 7.15. The standard InChI is InChI=1S/C17H38O4Si/c1-5-6-7-8-9-10-11-12-13-14-15-16-17(18)22(19-2,20-3)21-4/h17-18H,5-16H2,1-4H3. The summed E-state index contributed by atoms with van der Waals surface area (Å²) < 4.78 is 15.9. The van der Waals surface area contributed by atoms with Crippen molar-refractivity contribution in [2.24, 2.45) is 0 Å². The summed E-state index contributed by atoms with van der Waals surface area (Å²) in [7, 11) is 1.77. The number of hydrogen-bond acceptors (Lipinski definition) is 4. The van der Waals surface area contributed by atoms with Crippen LogP contribution in [0.25, 0.3) is 0 Å². The van der Waals surface area contributed by atoms with Gasteiger partial charge in [-0.3, -0.25) is 0 Å². The Morgan fingerprint density at radius 2 is 1.05 bits per heavy atom. The van der Waals surface area contributed by atoms with Crippen molar-refractivity contribution in [1.29, 1.82) is 0 Å². The summed E-state index contributed by atoms with van der Waals surface area (Å²) in [5.74, 6) is 0. The van der Waals surface area contributed by atoms with E-state index in [0.717, 1.165) is 12.8 Å². The van der Waals surface area contributed by atoms with Gasteiger partial charge in [-0.25, -0.2) is 0 Å². The fraction of sp³-hybridized carbons (Fsp3) is 1.00. The number of aliphatic hydroxyl groups is 1. The van der Waals surface area contributed by atoms with Crippen molar-refractivity contribution in [3.63, 3.8) is 0 Å². The van der Waals surface area contributed by atoms with Crippen LogP contribution in [0, 0.1) is 0 Å². The van der Waals surface area contributed by atoms with E-state index in [-0.39, 0.29) is 0 Å². The fourth-order valence-corrected chi connectivity index (χ4v) is 4.71. The van der Waals surface area contributed by atoms with Crippen molar-refractivity contribution in [3.8, 4) is 0 Å². The number of hydrogen-bond donors (Lipinski definition) is 1. The lowest BCUT2D eigenvalue weighted by Gasteiger charge is -2.28. The third-order valence-electron chi connectivity index (χ3n) is 4.34. The molecule has 0 aliphatic carbocycles. The quantitative estimate of drug-likeness (QED) is 0.334. The van der Waals surface area contributed by atoms with Crippen LogP contribution in [0.5, 0.6) is 0 Å². The van der Waals surface area contributed by atoms with E-state index >= 15 is 0 Å². The van der Waals surface area contributed by atoms with Gasteiger partial charge in [0.15, 0.2) is 0 Å². The van der Waals surface area contributed by atoms with Gasteiger partial charge in [-0.2, -0.15) is 0 Å². The second-order valence-electron chi connectivity index (χ2n) is 6.06. The van der Waals surface area contributed by atoms with Gasteiger partial charge in [0.05, 0.1) is 0 Å². The summed E-state index contributed by atoms with van der Waals surface area (Å²) in [6, 6.07) is 0. The third kappa shape index (κ3) is 9.25. The Morgan fingerprint density at radius 1 is 0.682 bits per heavy atom. The predicted octanol–water partition coefficient (Wildman–Crippen LogP) is 4.47. The lowest BCUT2D eigenvalue weighted by atomic mass is 10.1. The smallest absolute Gasteiger partial charge is 0.389 e. The van der Waals surface area contributed by atoms with Gasteiger partial charge in [0.2, 0.25) is 0 Å². The van der Waals surface area contributed by atoms with Gasteiger partial charge in [0.1, 0.15) is 5.73 Å². The Balaban J connectivity index is 3.49. The van der Waals surface area contributed by atoms with Gasteiger partial charge in [-0.05, 0) is 6.42 Å². The Bertz CT molecular complexity index is 226. The molecule has 0 radical (unpaired) electrons. The number of aliphatic hydroxyl groups excluding tert-OH is 1. The van der Waals surface area contributed by atoms with Crippen molar-refractivity contribution in [1.82, 2.24) is 0 Å². The van der Waals surface area contributed by atoms with E-state index in [0.29, 0.717) is 6.42 Å². The van der Waals surface area contributed by atoms with Crippen molar-refractivity contribution in [2.75, 3.05) is 21.3 Å². The van der Waals surface area contributed by atoms with Crippen molar-refractivity contribution in [3.05, 3.63) is 0 Å². The minimum absolute atomic E-state index is 0.619. The summed E-state index contributed by atoms with van der Waals surface area (Å²) in [4.78, 5) is 0. The molecule has 0 aliphatic rings. The van der Waals surface area contributed by atoms with Crippen molar-refractivity contribution in [2.45, 2.75) is 89.7 Å². The molecular formula is C17H38O4Si. The van der Waals surface area contributed by atoms with Crippen molar-refractivity contribution < 1.29 is 18.4 Å². The van der Waals surface area contributed by atoms with Gasteiger partial charge in [0.25, 0.3) is 0 Å². The molecule has 0 aromatic rings. The zero-order valence-electron chi connectivity index (χ0n) is 15.2. The topological polar surface area (TPSA) is 47.9 Å². The molecule has 4 nitrogen and oxygen atoms in total. The Labute approximate surface area is 138 Å². The molecule has 22 heavy (non-hydrogen) atoms. The summed E-state index contributed by atoms with van der Waals surface area (Å²) >= 11 is 0. The lowest BCUT2D eigenvalue weighted by molar-refractivity contribution is 0.0544. The van der Waals surface area contributed by atoms with Gasteiger partial charge < -0.3 is 18.4 Å². The molecule has 0 rings (SSSR count).